The van der Waals surface area contributed by atoms with Gasteiger partial charge < -0.3 is 24.6 Å². The van der Waals surface area contributed by atoms with Crippen LogP contribution in [0.15, 0.2) is 66.7 Å². The first kappa shape index (κ1) is 34.8. The van der Waals surface area contributed by atoms with Gasteiger partial charge in [0.2, 0.25) is 0 Å². The number of morpholine rings is 1. The first-order valence-electron chi connectivity index (χ1n) is 15.6. The lowest BCUT2D eigenvalue weighted by atomic mass is 9.91. The Hall–Kier alpha value is -4.51. The number of carbonyl (C=O) groups excluding carboxylic acids is 1. The molecule has 1 unspecified atom stereocenters. The largest absolute Gasteiger partial charge is 0.488 e. The van der Waals surface area contributed by atoms with Crippen LogP contribution in [0.1, 0.15) is 45.1 Å². The van der Waals surface area contributed by atoms with Crippen molar-refractivity contribution in [3.8, 4) is 22.6 Å². The van der Waals surface area contributed by atoms with E-state index in [-0.39, 0.29) is 42.9 Å². The monoisotopic (exact) mass is 678 g/mol. The van der Waals surface area contributed by atoms with Gasteiger partial charge in [0.25, 0.3) is 5.91 Å². The Kier molecular flexibility index (Phi) is 11.3. The summed E-state index contributed by atoms with van der Waals surface area (Å²) < 4.78 is 45.5. The predicted molar refractivity (Wildman–Crippen MR) is 178 cm³/mol. The van der Waals surface area contributed by atoms with Crippen molar-refractivity contribution in [2.24, 2.45) is 0 Å². The fraction of sp³-hybridized carbons (Fsp3) is 0.297. The van der Waals surface area contributed by atoms with Crippen molar-refractivity contribution >= 4 is 23.5 Å². The number of carboxylic acid groups (broad SMARTS) is 1. The number of carbonyl (C=O) groups is 2. The molecule has 1 aliphatic rings. The number of carboxylic acids is 1. The Labute approximate surface area is 283 Å². The second kappa shape index (κ2) is 15.6. The van der Waals surface area contributed by atoms with Gasteiger partial charge in [-0.3, -0.25) is 14.5 Å². The number of rotatable bonds is 12. The van der Waals surface area contributed by atoms with E-state index in [9.17, 15) is 23.5 Å². The third-order valence-corrected chi connectivity index (χ3v) is 8.66. The molecule has 48 heavy (non-hydrogen) atoms. The summed E-state index contributed by atoms with van der Waals surface area (Å²) in [6.07, 6.45) is 0. The molecule has 1 heterocycles. The molecule has 8 nitrogen and oxygen atoms in total. The molecule has 4 aromatic carbocycles. The average molecular weight is 679 g/mol. The molecule has 0 bridgehead atoms. The summed E-state index contributed by atoms with van der Waals surface area (Å²) in [6.45, 7) is 7.31. The van der Waals surface area contributed by atoms with E-state index in [1.54, 1.807) is 17.0 Å². The van der Waals surface area contributed by atoms with Crippen molar-refractivity contribution in [2.75, 3.05) is 26.3 Å². The van der Waals surface area contributed by atoms with Gasteiger partial charge in [0.15, 0.2) is 0 Å². The standard InChI is InChI=1S/C37H37ClF2N2O6/c1-4-41-36(43)31-10-6-9-30(23(31)3)29-8-5-7-25(22(29)2)20-48-35-17-34(47-19-24-13-27(39)16-28(40)14-24)26(15-32(35)38)18-42-11-12-46-21-33(42)37(44)45/h5-10,13-17,33H,4,11-12,18-21H2,1-3H3,(H,41,43)(H,44,45). The average Bonchev–Trinajstić information content (AvgIpc) is 3.04. The zero-order valence-electron chi connectivity index (χ0n) is 26.9. The van der Waals surface area contributed by atoms with Gasteiger partial charge in [0, 0.05) is 42.9 Å². The molecule has 1 fully saturated rings. The van der Waals surface area contributed by atoms with E-state index in [4.69, 9.17) is 25.8 Å². The Bertz CT molecular complexity index is 1800. The molecule has 0 aliphatic carbocycles. The lowest BCUT2D eigenvalue weighted by Crippen LogP contribution is -2.49. The van der Waals surface area contributed by atoms with Gasteiger partial charge in [0.1, 0.15) is 42.4 Å². The smallest absolute Gasteiger partial charge is 0.323 e. The van der Waals surface area contributed by atoms with E-state index in [1.165, 1.54) is 12.1 Å². The third-order valence-electron chi connectivity index (χ3n) is 8.36. The Morgan fingerprint density at radius 1 is 0.938 bits per heavy atom. The molecule has 1 amide bonds. The predicted octanol–water partition coefficient (Wildman–Crippen LogP) is 7.10. The van der Waals surface area contributed by atoms with Crippen LogP contribution in [-0.2, 0) is 29.3 Å². The maximum atomic E-state index is 13.9. The molecule has 0 saturated carbocycles. The van der Waals surface area contributed by atoms with Crippen molar-refractivity contribution in [3.63, 3.8) is 0 Å². The van der Waals surface area contributed by atoms with Gasteiger partial charge in [-0.1, -0.05) is 41.9 Å². The van der Waals surface area contributed by atoms with Crippen molar-refractivity contribution < 1.29 is 37.7 Å². The quantitative estimate of drug-likeness (QED) is 0.165. The highest BCUT2D eigenvalue weighted by Gasteiger charge is 2.30. The first-order valence-corrected chi connectivity index (χ1v) is 16.0. The molecule has 1 atom stereocenters. The van der Waals surface area contributed by atoms with Gasteiger partial charge >= 0.3 is 5.97 Å². The van der Waals surface area contributed by atoms with Crippen molar-refractivity contribution in [1.29, 1.82) is 0 Å². The van der Waals surface area contributed by atoms with Crippen molar-refractivity contribution in [3.05, 3.63) is 117 Å². The molecule has 1 saturated heterocycles. The molecule has 11 heteroatoms. The van der Waals surface area contributed by atoms with E-state index in [0.717, 1.165) is 33.9 Å². The highest BCUT2D eigenvalue weighted by molar-refractivity contribution is 6.32. The van der Waals surface area contributed by atoms with Crippen LogP contribution in [0.2, 0.25) is 5.02 Å². The second-order valence-corrected chi connectivity index (χ2v) is 12.0. The minimum atomic E-state index is -1.01. The van der Waals surface area contributed by atoms with Crippen LogP contribution < -0.4 is 14.8 Å². The zero-order valence-corrected chi connectivity index (χ0v) is 27.7. The van der Waals surface area contributed by atoms with Crippen LogP contribution in [0, 0.1) is 25.5 Å². The van der Waals surface area contributed by atoms with Crippen LogP contribution in [0.4, 0.5) is 8.78 Å². The Morgan fingerprint density at radius 2 is 1.62 bits per heavy atom. The number of ether oxygens (including phenoxy) is 3. The van der Waals surface area contributed by atoms with Crippen LogP contribution in [0.25, 0.3) is 11.1 Å². The van der Waals surface area contributed by atoms with Gasteiger partial charge in [-0.2, -0.15) is 0 Å². The number of nitrogens with one attached hydrogen (secondary N) is 1. The number of halogens is 3. The summed E-state index contributed by atoms with van der Waals surface area (Å²) in [5.74, 6) is -1.94. The number of hydrogen-bond acceptors (Lipinski definition) is 6. The van der Waals surface area contributed by atoms with Crippen molar-refractivity contribution in [2.45, 2.75) is 46.6 Å². The highest BCUT2D eigenvalue weighted by atomic mass is 35.5. The molecular weight excluding hydrogens is 642 g/mol. The summed E-state index contributed by atoms with van der Waals surface area (Å²) in [6, 6.07) is 17.1. The fourth-order valence-electron chi connectivity index (χ4n) is 5.79. The number of hydrogen-bond donors (Lipinski definition) is 2. The molecular formula is C37H37ClF2N2O6. The summed E-state index contributed by atoms with van der Waals surface area (Å²) in [5, 5.41) is 12.9. The highest BCUT2D eigenvalue weighted by Crippen LogP contribution is 2.36. The van der Waals surface area contributed by atoms with Gasteiger partial charge in [-0.05, 0) is 78.4 Å². The van der Waals surface area contributed by atoms with Gasteiger partial charge in [-0.25, -0.2) is 8.78 Å². The van der Waals surface area contributed by atoms with Crippen LogP contribution in [0.3, 0.4) is 0 Å². The topological polar surface area (TPSA) is 97.3 Å². The van der Waals surface area contributed by atoms with E-state index in [0.29, 0.717) is 42.3 Å². The number of benzene rings is 4. The minimum Gasteiger partial charge on any atom is -0.488 e. The Balaban J connectivity index is 1.42. The summed E-state index contributed by atoms with van der Waals surface area (Å²) in [4.78, 5) is 26.3. The van der Waals surface area contributed by atoms with Crippen LogP contribution in [0.5, 0.6) is 11.5 Å². The molecule has 0 radical (unpaired) electrons. The maximum absolute atomic E-state index is 13.9. The Morgan fingerprint density at radius 3 is 2.33 bits per heavy atom. The first-order chi connectivity index (χ1) is 23.0. The number of aliphatic carboxylic acids is 1. The van der Waals surface area contributed by atoms with Gasteiger partial charge in [-0.15, -0.1) is 0 Å². The van der Waals surface area contributed by atoms with Crippen LogP contribution >= 0.6 is 11.6 Å². The lowest BCUT2D eigenvalue weighted by Gasteiger charge is -2.33. The van der Waals surface area contributed by atoms with Crippen LogP contribution in [-0.4, -0.2) is 54.2 Å². The normalized spacial score (nSPS) is 14.8. The zero-order chi connectivity index (χ0) is 34.4. The van der Waals surface area contributed by atoms with Gasteiger partial charge in [0.05, 0.1) is 18.2 Å². The fourth-order valence-corrected chi connectivity index (χ4v) is 6.03. The molecule has 4 aromatic rings. The maximum Gasteiger partial charge on any atom is 0.323 e. The molecule has 0 aromatic heterocycles. The third kappa shape index (κ3) is 8.13. The van der Waals surface area contributed by atoms with E-state index >= 15 is 0 Å². The SMILES string of the molecule is CCNC(=O)c1cccc(-c2cccc(COc3cc(OCc4cc(F)cc(F)c4)c(CN4CCOCC4C(=O)O)cc3Cl)c2C)c1C. The molecule has 0 spiro atoms. The minimum absolute atomic E-state index is 0.0389. The lowest BCUT2D eigenvalue weighted by molar-refractivity contribution is -0.150. The van der Waals surface area contributed by atoms with E-state index < -0.39 is 23.6 Å². The summed E-state index contributed by atoms with van der Waals surface area (Å²) in [7, 11) is 0. The molecule has 252 valence electrons. The molecule has 5 rings (SSSR count). The second-order valence-electron chi connectivity index (χ2n) is 11.6. The molecule has 1 aliphatic heterocycles. The summed E-state index contributed by atoms with van der Waals surface area (Å²) >= 11 is 6.73. The van der Waals surface area contributed by atoms with E-state index in [1.807, 2.05) is 57.2 Å². The number of nitrogens with zero attached hydrogens (tertiary/aromatic N) is 1. The summed E-state index contributed by atoms with van der Waals surface area (Å²) in [5.41, 5.74) is 6.11. The van der Waals surface area contributed by atoms with Crippen molar-refractivity contribution in [1.82, 2.24) is 10.2 Å². The van der Waals surface area contributed by atoms with E-state index in [2.05, 4.69) is 5.32 Å². The number of amides is 1. The molecule has 2 N–H and O–H groups in total.